The molecule has 1 aromatic heterocycles. The van der Waals surface area contributed by atoms with Crippen molar-refractivity contribution in [3.8, 4) is 5.69 Å². The molecule has 1 aliphatic heterocycles. The van der Waals surface area contributed by atoms with Gasteiger partial charge in [-0.25, -0.2) is 9.67 Å². The van der Waals surface area contributed by atoms with Gasteiger partial charge in [-0.1, -0.05) is 0 Å². The first kappa shape index (κ1) is 11.6. The van der Waals surface area contributed by atoms with Crippen LogP contribution in [0, 0.1) is 0 Å². The van der Waals surface area contributed by atoms with Crippen LogP contribution in [0.1, 0.15) is 12.8 Å². The molecule has 0 radical (unpaired) electrons. The van der Waals surface area contributed by atoms with Crippen LogP contribution in [0.5, 0.6) is 0 Å². The number of thioether (sulfide) groups is 1. The van der Waals surface area contributed by atoms with Crippen molar-refractivity contribution in [2.45, 2.75) is 18.9 Å². The largest absolute Gasteiger partial charge is 0.381 e. The predicted molar refractivity (Wildman–Crippen MR) is 75.3 cm³/mol. The van der Waals surface area contributed by atoms with Gasteiger partial charge in [0.25, 0.3) is 0 Å². The Morgan fingerprint density at radius 3 is 2.83 bits per heavy atom. The highest BCUT2D eigenvalue weighted by Gasteiger charge is 2.12. The van der Waals surface area contributed by atoms with Gasteiger partial charge >= 0.3 is 0 Å². The summed E-state index contributed by atoms with van der Waals surface area (Å²) in [5.41, 5.74) is 2.22. The van der Waals surface area contributed by atoms with Gasteiger partial charge in [-0.05, 0) is 42.9 Å². The zero-order valence-electron chi connectivity index (χ0n) is 10.1. The Hall–Kier alpha value is -1.49. The third-order valence-corrected chi connectivity index (χ3v) is 4.30. The number of nitrogens with one attached hydrogen (secondary N) is 1. The summed E-state index contributed by atoms with van der Waals surface area (Å²) < 4.78 is 1.76. The number of rotatable bonds is 3. The Labute approximate surface area is 111 Å². The first-order chi connectivity index (χ1) is 8.92. The molecule has 0 bridgehead atoms. The summed E-state index contributed by atoms with van der Waals surface area (Å²) in [5.74, 6) is 2.52. The number of hydrogen-bond acceptors (Lipinski definition) is 4. The van der Waals surface area contributed by atoms with Crippen LogP contribution in [0.3, 0.4) is 0 Å². The van der Waals surface area contributed by atoms with Crippen molar-refractivity contribution in [1.29, 1.82) is 0 Å². The van der Waals surface area contributed by atoms with E-state index in [1.54, 1.807) is 17.3 Å². The van der Waals surface area contributed by atoms with E-state index in [4.69, 9.17) is 0 Å². The minimum atomic E-state index is 0.612. The molecule has 5 heteroatoms. The second kappa shape index (κ2) is 5.44. The molecule has 94 valence electrons. The minimum Gasteiger partial charge on any atom is -0.381 e. The van der Waals surface area contributed by atoms with Crippen LogP contribution < -0.4 is 5.32 Å². The zero-order valence-corrected chi connectivity index (χ0v) is 10.9. The Balaban J connectivity index is 1.67. The van der Waals surface area contributed by atoms with Crippen LogP contribution in [0.2, 0.25) is 0 Å². The standard InChI is InChI=1S/C13H16N4S/c1-2-12(8-18-7-1)16-11-3-5-13(6-4-11)17-10-14-9-15-17/h3-6,9-10,12,16H,1-2,7-8H2. The van der Waals surface area contributed by atoms with Gasteiger partial charge in [0, 0.05) is 17.5 Å². The summed E-state index contributed by atoms with van der Waals surface area (Å²) in [6.07, 6.45) is 5.85. The van der Waals surface area contributed by atoms with E-state index in [9.17, 15) is 0 Å². The highest BCUT2D eigenvalue weighted by molar-refractivity contribution is 7.99. The summed E-state index contributed by atoms with van der Waals surface area (Å²) in [4.78, 5) is 3.95. The Kier molecular flexibility index (Phi) is 3.50. The molecule has 2 aromatic rings. The first-order valence-corrected chi connectivity index (χ1v) is 7.36. The first-order valence-electron chi connectivity index (χ1n) is 6.21. The van der Waals surface area contributed by atoms with E-state index in [0.29, 0.717) is 6.04 Å². The third-order valence-electron chi connectivity index (χ3n) is 3.08. The molecule has 3 rings (SSSR count). The quantitative estimate of drug-likeness (QED) is 0.921. The van der Waals surface area contributed by atoms with Crippen molar-refractivity contribution in [3.63, 3.8) is 0 Å². The second-order valence-electron chi connectivity index (χ2n) is 4.45. The molecular formula is C13H16N4S. The maximum absolute atomic E-state index is 4.11. The summed E-state index contributed by atoms with van der Waals surface area (Å²) in [5, 5.41) is 7.70. The summed E-state index contributed by atoms with van der Waals surface area (Å²) >= 11 is 2.04. The number of benzene rings is 1. The number of anilines is 1. The van der Waals surface area contributed by atoms with Gasteiger partial charge in [-0.2, -0.15) is 16.9 Å². The van der Waals surface area contributed by atoms with Crippen LogP contribution in [-0.4, -0.2) is 32.3 Å². The van der Waals surface area contributed by atoms with E-state index in [2.05, 4.69) is 39.7 Å². The molecule has 4 nitrogen and oxygen atoms in total. The van der Waals surface area contributed by atoms with Crippen LogP contribution in [-0.2, 0) is 0 Å². The number of nitrogens with zero attached hydrogens (tertiary/aromatic N) is 3. The minimum absolute atomic E-state index is 0.612. The van der Waals surface area contributed by atoms with Gasteiger partial charge in [0.15, 0.2) is 0 Å². The maximum atomic E-state index is 4.11. The fourth-order valence-electron chi connectivity index (χ4n) is 2.14. The molecule has 1 N–H and O–H groups in total. The molecule has 1 fully saturated rings. The maximum Gasteiger partial charge on any atom is 0.138 e. The Bertz CT molecular complexity index is 474. The lowest BCUT2D eigenvalue weighted by Gasteiger charge is -2.23. The van der Waals surface area contributed by atoms with Crippen molar-refractivity contribution in [1.82, 2.24) is 14.8 Å². The van der Waals surface area contributed by atoms with Crippen LogP contribution >= 0.6 is 11.8 Å². The van der Waals surface area contributed by atoms with E-state index in [-0.39, 0.29) is 0 Å². The van der Waals surface area contributed by atoms with Gasteiger partial charge in [0.05, 0.1) is 5.69 Å². The van der Waals surface area contributed by atoms with E-state index in [0.717, 1.165) is 5.69 Å². The Morgan fingerprint density at radius 2 is 2.17 bits per heavy atom. The van der Waals surface area contributed by atoms with Crippen LogP contribution in [0.4, 0.5) is 5.69 Å². The van der Waals surface area contributed by atoms with Crippen molar-refractivity contribution in [2.24, 2.45) is 0 Å². The van der Waals surface area contributed by atoms with Gasteiger partial charge in [-0.3, -0.25) is 0 Å². The third kappa shape index (κ3) is 2.67. The molecule has 1 saturated heterocycles. The normalized spacial score (nSPS) is 19.7. The molecular weight excluding hydrogens is 244 g/mol. The molecule has 1 aromatic carbocycles. The SMILES string of the molecule is c1ncn(-c2ccc(NC3CCCSC3)cc2)n1. The average molecular weight is 260 g/mol. The fraction of sp³-hybridized carbons (Fsp3) is 0.385. The van der Waals surface area contributed by atoms with Gasteiger partial charge in [-0.15, -0.1) is 0 Å². The van der Waals surface area contributed by atoms with E-state index in [1.807, 2.05) is 11.8 Å². The molecule has 0 saturated carbocycles. The second-order valence-corrected chi connectivity index (χ2v) is 5.60. The molecule has 0 spiro atoms. The van der Waals surface area contributed by atoms with Crippen molar-refractivity contribution in [3.05, 3.63) is 36.9 Å². The molecule has 2 heterocycles. The number of hydrogen-bond donors (Lipinski definition) is 1. The Morgan fingerprint density at radius 1 is 1.28 bits per heavy atom. The molecule has 18 heavy (non-hydrogen) atoms. The van der Waals surface area contributed by atoms with Crippen LogP contribution in [0.15, 0.2) is 36.9 Å². The lowest BCUT2D eigenvalue weighted by molar-refractivity contribution is 0.685. The monoisotopic (exact) mass is 260 g/mol. The summed E-state index contributed by atoms with van der Waals surface area (Å²) in [6, 6.07) is 8.95. The van der Waals surface area contributed by atoms with Gasteiger partial charge in [0.1, 0.15) is 12.7 Å². The van der Waals surface area contributed by atoms with Gasteiger partial charge in [0.2, 0.25) is 0 Å². The van der Waals surface area contributed by atoms with Crippen LogP contribution in [0.25, 0.3) is 5.69 Å². The zero-order chi connectivity index (χ0) is 12.2. The lowest BCUT2D eigenvalue weighted by atomic mass is 10.1. The summed E-state index contributed by atoms with van der Waals surface area (Å²) in [7, 11) is 0. The highest BCUT2D eigenvalue weighted by Crippen LogP contribution is 2.21. The van der Waals surface area contributed by atoms with Crippen molar-refractivity contribution < 1.29 is 0 Å². The summed E-state index contributed by atoms with van der Waals surface area (Å²) in [6.45, 7) is 0. The molecule has 0 aliphatic carbocycles. The molecule has 1 aliphatic rings. The molecule has 1 unspecified atom stereocenters. The van der Waals surface area contributed by atoms with E-state index < -0.39 is 0 Å². The average Bonchev–Trinajstić information content (AvgIpc) is 2.95. The van der Waals surface area contributed by atoms with Crippen molar-refractivity contribution >= 4 is 17.4 Å². The predicted octanol–water partition coefficient (Wildman–Crippen LogP) is 2.57. The van der Waals surface area contributed by atoms with E-state index in [1.165, 1.54) is 30.0 Å². The smallest absolute Gasteiger partial charge is 0.138 e. The number of aromatic nitrogens is 3. The highest BCUT2D eigenvalue weighted by atomic mass is 32.2. The molecule has 1 atom stereocenters. The van der Waals surface area contributed by atoms with Gasteiger partial charge < -0.3 is 5.32 Å². The fourth-order valence-corrected chi connectivity index (χ4v) is 3.21. The van der Waals surface area contributed by atoms with E-state index >= 15 is 0 Å². The van der Waals surface area contributed by atoms with Crippen molar-refractivity contribution in [2.75, 3.05) is 16.8 Å². The topological polar surface area (TPSA) is 42.7 Å². The molecule has 0 amide bonds. The lowest BCUT2D eigenvalue weighted by Crippen LogP contribution is -2.25.